The van der Waals surface area contributed by atoms with E-state index in [9.17, 15) is 5.11 Å². The summed E-state index contributed by atoms with van der Waals surface area (Å²) in [4.78, 5) is 4.86. The van der Waals surface area contributed by atoms with E-state index in [0.717, 1.165) is 34.0 Å². The van der Waals surface area contributed by atoms with E-state index in [2.05, 4.69) is 9.72 Å². The third kappa shape index (κ3) is 3.15. The van der Waals surface area contributed by atoms with Gasteiger partial charge >= 0.3 is 0 Å². The Labute approximate surface area is 153 Å². The van der Waals surface area contributed by atoms with Crippen LogP contribution in [0, 0.1) is 0 Å². The molecule has 1 aromatic carbocycles. The number of ether oxygens (including phenoxy) is 1. The lowest BCUT2D eigenvalue weighted by Gasteiger charge is -2.24. The maximum Gasteiger partial charge on any atom is 0.139 e. The van der Waals surface area contributed by atoms with E-state index in [1.54, 1.807) is 7.11 Å². The Bertz CT molecular complexity index is 897. The summed E-state index contributed by atoms with van der Waals surface area (Å²) in [5, 5.41) is 13.6. The number of rotatable bonds is 5. The van der Waals surface area contributed by atoms with Gasteiger partial charge in [-0.1, -0.05) is 25.3 Å². The van der Waals surface area contributed by atoms with Crippen molar-refractivity contribution in [1.82, 2.24) is 9.38 Å². The van der Waals surface area contributed by atoms with Crippen LogP contribution in [0.4, 0.5) is 5.82 Å². The molecule has 136 valence electrons. The molecule has 26 heavy (non-hydrogen) atoms. The number of aromatic nitrogens is 2. The second-order valence-corrected chi connectivity index (χ2v) is 6.90. The average molecular weight is 351 g/mol. The summed E-state index contributed by atoms with van der Waals surface area (Å²) in [5.41, 5.74) is 3.55. The fraction of sp³-hybridized carbons (Fsp3) is 0.381. The molecule has 5 nitrogen and oxygen atoms in total. The average Bonchev–Trinajstić information content (AvgIpc) is 3.06. The number of hydrogen-bond acceptors (Lipinski definition) is 4. The van der Waals surface area contributed by atoms with Gasteiger partial charge in [0.2, 0.25) is 0 Å². The standard InChI is InChI=1S/C21H25N3O2/c1-26-17-10-11-18(15(13-17)14-25)20-21(22-16-7-3-2-4-8-16)24-12-6-5-9-19(24)23-20/h5-6,9-13,16,22,25H,2-4,7-8,14H2,1H3. The Balaban J connectivity index is 1.82. The number of aliphatic hydroxyl groups excluding tert-OH is 1. The molecule has 1 saturated carbocycles. The molecule has 0 atom stereocenters. The topological polar surface area (TPSA) is 58.8 Å². The lowest BCUT2D eigenvalue weighted by molar-refractivity contribution is 0.281. The molecule has 0 radical (unpaired) electrons. The summed E-state index contributed by atoms with van der Waals surface area (Å²) in [6.45, 7) is -0.0523. The molecule has 3 aromatic rings. The van der Waals surface area contributed by atoms with Crippen LogP contribution in [0.3, 0.4) is 0 Å². The predicted octanol–water partition coefficient (Wildman–Crippen LogP) is 4.25. The highest BCUT2D eigenvalue weighted by atomic mass is 16.5. The van der Waals surface area contributed by atoms with Crippen molar-refractivity contribution in [1.29, 1.82) is 0 Å². The molecule has 0 unspecified atom stereocenters. The molecule has 0 bridgehead atoms. The van der Waals surface area contributed by atoms with Crippen molar-refractivity contribution in [3.8, 4) is 17.0 Å². The van der Waals surface area contributed by atoms with Crippen LogP contribution in [-0.4, -0.2) is 27.6 Å². The fourth-order valence-corrected chi connectivity index (χ4v) is 3.82. The molecule has 1 fully saturated rings. The van der Waals surface area contributed by atoms with Crippen molar-refractivity contribution in [2.24, 2.45) is 0 Å². The molecule has 0 aliphatic heterocycles. The Morgan fingerprint density at radius 3 is 2.81 bits per heavy atom. The van der Waals surface area contributed by atoms with Crippen LogP contribution in [0.5, 0.6) is 5.75 Å². The minimum absolute atomic E-state index is 0.0523. The number of methoxy groups -OCH3 is 1. The number of aliphatic hydroxyl groups is 1. The summed E-state index contributed by atoms with van der Waals surface area (Å²) in [5.74, 6) is 1.75. The Morgan fingerprint density at radius 1 is 1.19 bits per heavy atom. The predicted molar refractivity (Wildman–Crippen MR) is 104 cm³/mol. The molecule has 5 heteroatoms. The molecule has 2 N–H and O–H groups in total. The minimum atomic E-state index is -0.0523. The number of nitrogens with zero attached hydrogens (tertiary/aromatic N) is 2. The lowest BCUT2D eigenvalue weighted by atomic mass is 9.95. The summed E-state index contributed by atoms with van der Waals surface area (Å²) in [7, 11) is 1.64. The van der Waals surface area contributed by atoms with Crippen LogP contribution < -0.4 is 10.1 Å². The first kappa shape index (κ1) is 16.9. The second kappa shape index (κ2) is 7.38. The van der Waals surface area contributed by atoms with Gasteiger partial charge in [0.05, 0.1) is 13.7 Å². The smallest absolute Gasteiger partial charge is 0.139 e. The zero-order valence-corrected chi connectivity index (χ0v) is 15.1. The van der Waals surface area contributed by atoms with Gasteiger partial charge in [-0.25, -0.2) is 4.98 Å². The van der Waals surface area contributed by atoms with Crippen molar-refractivity contribution in [2.45, 2.75) is 44.8 Å². The van der Waals surface area contributed by atoms with Gasteiger partial charge in [0.15, 0.2) is 0 Å². The molecule has 4 rings (SSSR count). The van der Waals surface area contributed by atoms with Gasteiger partial charge < -0.3 is 15.2 Å². The van der Waals surface area contributed by atoms with Gasteiger partial charge in [-0.3, -0.25) is 4.40 Å². The maximum absolute atomic E-state index is 9.88. The highest BCUT2D eigenvalue weighted by Gasteiger charge is 2.21. The number of nitrogens with one attached hydrogen (secondary N) is 1. The van der Waals surface area contributed by atoms with E-state index in [4.69, 9.17) is 9.72 Å². The van der Waals surface area contributed by atoms with Gasteiger partial charge in [0.25, 0.3) is 0 Å². The molecule has 0 spiro atoms. The third-order valence-electron chi connectivity index (χ3n) is 5.21. The van der Waals surface area contributed by atoms with Crippen molar-refractivity contribution in [3.05, 3.63) is 48.2 Å². The first-order valence-corrected chi connectivity index (χ1v) is 9.32. The van der Waals surface area contributed by atoms with Crippen LogP contribution in [-0.2, 0) is 6.61 Å². The summed E-state index contributed by atoms with van der Waals surface area (Å²) in [6, 6.07) is 12.3. The maximum atomic E-state index is 9.88. The Kier molecular flexibility index (Phi) is 4.80. The Hall–Kier alpha value is -2.53. The van der Waals surface area contributed by atoms with E-state index >= 15 is 0 Å². The molecule has 2 aromatic heterocycles. The summed E-state index contributed by atoms with van der Waals surface area (Å²) >= 11 is 0. The van der Waals surface area contributed by atoms with E-state index in [0.29, 0.717) is 6.04 Å². The minimum Gasteiger partial charge on any atom is -0.497 e. The summed E-state index contributed by atoms with van der Waals surface area (Å²) in [6.07, 6.45) is 8.29. The van der Waals surface area contributed by atoms with Crippen LogP contribution in [0.2, 0.25) is 0 Å². The normalized spacial score (nSPS) is 15.3. The van der Waals surface area contributed by atoms with E-state index in [1.165, 1.54) is 32.1 Å². The van der Waals surface area contributed by atoms with Gasteiger partial charge in [-0.15, -0.1) is 0 Å². The van der Waals surface area contributed by atoms with Gasteiger partial charge in [0.1, 0.15) is 22.9 Å². The summed E-state index contributed by atoms with van der Waals surface area (Å²) < 4.78 is 7.41. The van der Waals surface area contributed by atoms with Gasteiger partial charge in [-0.2, -0.15) is 0 Å². The molecular weight excluding hydrogens is 326 g/mol. The van der Waals surface area contributed by atoms with Gasteiger partial charge in [-0.05, 0) is 48.7 Å². The highest BCUT2D eigenvalue weighted by Crippen LogP contribution is 2.34. The highest BCUT2D eigenvalue weighted by molar-refractivity contribution is 5.79. The van der Waals surface area contributed by atoms with Crippen molar-refractivity contribution in [2.75, 3.05) is 12.4 Å². The SMILES string of the molecule is COc1ccc(-c2nc3ccccn3c2NC2CCCCC2)c(CO)c1. The van der Waals surface area contributed by atoms with Crippen LogP contribution in [0.1, 0.15) is 37.7 Å². The fourth-order valence-electron chi connectivity index (χ4n) is 3.82. The van der Waals surface area contributed by atoms with Crippen LogP contribution in [0.25, 0.3) is 16.9 Å². The van der Waals surface area contributed by atoms with Crippen molar-refractivity contribution in [3.63, 3.8) is 0 Å². The van der Waals surface area contributed by atoms with E-state index < -0.39 is 0 Å². The number of anilines is 1. The zero-order valence-electron chi connectivity index (χ0n) is 15.1. The van der Waals surface area contributed by atoms with Crippen LogP contribution in [0.15, 0.2) is 42.6 Å². The first-order chi connectivity index (χ1) is 12.8. The quantitative estimate of drug-likeness (QED) is 0.721. The third-order valence-corrected chi connectivity index (χ3v) is 5.21. The molecule has 2 heterocycles. The molecule has 1 aliphatic rings. The van der Waals surface area contributed by atoms with Crippen molar-refractivity contribution < 1.29 is 9.84 Å². The zero-order chi connectivity index (χ0) is 17.9. The number of fused-ring (bicyclic) bond motifs is 1. The molecular formula is C21H25N3O2. The molecule has 0 amide bonds. The largest absolute Gasteiger partial charge is 0.497 e. The Morgan fingerprint density at radius 2 is 2.04 bits per heavy atom. The first-order valence-electron chi connectivity index (χ1n) is 9.32. The van der Waals surface area contributed by atoms with E-state index in [-0.39, 0.29) is 6.61 Å². The molecule has 0 saturated heterocycles. The van der Waals surface area contributed by atoms with Gasteiger partial charge in [0, 0.05) is 17.8 Å². The van der Waals surface area contributed by atoms with E-state index in [1.807, 2.05) is 42.6 Å². The van der Waals surface area contributed by atoms with Crippen molar-refractivity contribution >= 4 is 11.5 Å². The second-order valence-electron chi connectivity index (χ2n) is 6.90. The number of pyridine rings is 1. The molecule has 1 aliphatic carbocycles. The lowest BCUT2D eigenvalue weighted by Crippen LogP contribution is -2.23. The monoisotopic (exact) mass is 351 g/mol. The number of benzene rings is 1. The number of hydrogen-bond donors (Lipinski definition) is 2. The number of imidazole rings is 1. The van der Waals surface area contributed by atoms with Crippen LogP contribution >= 0.6 is 0 Å².